The lowest BCUT2D eigenvalue weighted by Gasteiger charge is -2.60. The molecule has 2 N–H and O–H groups in total. The van der Waals surface area contributed by atoms with Crippen molar-refractivity contribution in [3.63, 3.8) is 0 Å². The van der Waals surface area contributed by atoms with Gasteiger partial charge in [-0.3, -0.25) is 4.79 Å². The van der Waals surface area contributed by atoms with Crippen molar-refractivity contribution in [2.75, 3.05) is 0 Å². The second-order valence-electron chi connectivity index (χ2n) is 12.3. The van der Waals surface area contributed by atoms with Crippen molar-refractivity contribution >= 4 is 5.78 Å². The van der Waals surface area contributed by atoms with E-state index in [9.17, 15) is 15.0 Å². The van der Waals surface area contributed by atoms with Gasteiger partial charge in [0, 0.05) is 11.8 Å². The Morgan fingerprint density at radius 3 is 2.47 bits per heavy atom. The lowest BCUT2D eigenvalue weighted by Crippen LogP contribution is -2.64. The summed E-state index contributed by atoms with van der Waals surface area (Å²) in [5.74, 6) is 2.92. The van der Waals surface area contributed by atoms with Gasteiger partial charge in [-0.05, 0) is 79.6 Å². The summed E-state index contributed by atoms with van der Waals surface area (Å²) in [5, 5.41) is 21.7. The van der Waals surface area contributed by atoms with Crippen molar-refractivity contribution < 1.29 is 15.0 Å². The summed E-state index contributed by atoms with van der Waals surface area (Å²) in [7, 11) is 0. The number of aliphatic hydroxyl groups excluding tert-OH is 1. The molecule has 0 aromatic rings. The Balaban J connectivity index is 1.59. The average Bonchev–Trinajstić information content (AvgIpc) is 3.01. The highest BCUT2D eigenvalue weighted by Crippen LogP contribution is 2.67. The molecule has 170 valence electrons. The van der Waals surface area contributed by atoms with Crippen LogP contribution in [0, 0.1) is 40.4 Å². The van der Waals surface area contributed by atoms with Gasteiger partial charge in [0.1, 0.15) is 5.60 Å². The molecule has 8 atom stereocenters. The van der Waals surface area contributed by atoms with E-state index in [1.807, 2.05) is 6.08 Å². The van der Waals surface area contributed by atoms with Gasteiger partial charge < -0.3 is 10.2 Å². The van der Waals surface area contributed by atoms with E-state index in [0.717, 1.165) is 30.6 Å². The zero-order valence-corrected chi connectivity index (χ0v) is 19.9. The normalized spacial score (nSPS) is 46.8. The van der Waals surface area contributed by atoms with Gasteiger partial charge in [-0.1, -0.05) is 59.5 Å². The summed E-state index contributed by atoms with van der Waals surface area (Å²) in [4.78, 5) is 13.2. The number of allylic oxidation sites excluding steroid dienone is 1. The van der Waals surface area contributed by atoms with E-state index in [-0.39, 0.29) is 12.2 Å². The van der Waals surface area contributed by atoms with Crippen molar-refractivity contribution in [2.45, 2.75) is 111 Å². The molecule has 4 aliphatic carbocycles. The topological polar surface area (TPSA) is 57.5 Å². The number of aliphatic hydroxyl groups is 2. The third-order valence-corrected chi connectivity index (χ3v) is 10.3. The molecule has 4 aliphatic rings. The second kappa shape index (κ2) is 7.73. The van der Waals surface area contributed by atoms with Gasteiger partial charge in [-0.2, -0.15) is 0 Å². The fraction of sp³-hybridized carbons (Fsp3) is 0.889. The van der Waals surface area contributed by atoms with E-state index in [1.54, 1.807) is 0 Å². The highest BCUT2D eigenvalue weighted by Gasteiger charge is 2.65. The minimum Gasteiger partial charge on any atom is -0.393 e. The van der Waals surface area contributed by atoms with Crippen molar-refractivity contribution in [3.05, 3.63) is 11.6 Å². The number of fused-ring (bicyclic) bond motifs is 5. The van der Waals surface area contributed by atoms with Crippen molar-refractivity contribution in [2.24, 2.45) is 40.4 Å². The first kappa shape index (κ1) is 22.5. The van der Waals surface area contributed by atoms with Crippen LogP contribution in [0.2, 0.25) is 0 Å². The van der Waals surface area contributed by atoms with Crippen LogP contribution >= 0.6 is 0 Å². The van der Waals surface area contributed by atoms with Crippen molar-refractivity contribution in [1.29, 1.82) is 0 Å². The van der Waals surface area contributed by atoms with Crippen molar-refractivity contribution in [1.82, 2.24) is 0 Å². The molecule has 0 saturated heterocycles. The van der Waals surface area contributed by atoms with Crippen LogP contribution in [-0.2, 0) is 4.79 Å². The van der Waals surface area contributed by atoms with Gasteiger partial charge in [-0.15, -0.1) is 0 Å². The summed E-state index contributed by atoms with van der Waals surface area (Å²) < 4.78 is 0. The maximum Gasteiger partial charge on any atom is 0.187 e. The van der Waals surface area contributed by atoms with Gasteiger partial charge in [0.2, 0.25) is 0 Å². The Hall–Kier alpha value is -0.670. The Morgan fingerprint density at radius 1 is 1.03 bits per heavy atom. The predicted octanol–water partition coefficient (Wildman–Crippen LogP) is 5.68. The first-order valence-corrected chi connectivity index (χ1v) is 12.7. The Morgan fingerprint density at radius 2 is 1.77 bits per heavy atom. The average molecular weight is 417 g/mol. The molecule has 0 aromatic heterocycles. The monoisotopic (exact) mass is 416 g/mol. The molecule has 0 amide bonds. The third kappa shape index (κ3) is 3.25. The van der Waals surface area contributed by atoms with Gasteiger partial charge in [0.05, 0.1) is 6.10 Å². The highest BCUT2D eigenvalue weighted by molar-refractivity contribution is 5.99. The standard InChI is InChI=1S/C27H44O3/c1-17(2)7-6-8-18(3)21-9-10-22-20-15-24(29)27(30)16-19(28)11-14-26(27,5)23(20)12-13-25(21,22)4/h15,17-19,21-23,28,30H,6-14,16H2,1-5H3/t18-,19+,21-,22+,23+,25-,26-,27+/m1/s1. The molecule has 0 aromatic carbocycles. The molecule has 3 fully saturated rings. The lowest BCUT2D eigenvalue weighted by atomic mass is 9.46. The quantitative estimate of drug-likeness (QED) is 0.606. The SMILES string of the molecule is CC(C)CCC[C@@H](C)[C@H]1CC[C@H]2C3=CC(=O)[C@@]4(O)C[C@@H](O)CC[C@]4(C)[C@H]3CC[C@]12C. The number of ketones is 1. The zero-order chi connectivity index (χ0) is 21.9. The fourth-order valence-corrected chi connectivity index (χ4v) is 8.37. The fourth-order valence-electron chi connectivity index (χ4n) is 8.37. The smallest absolute Gasteiger partial charge is 0.187 e. The summed E-state index contributed by atoms with van der Waals surface area (Å²) in [6.45, 7) is 11.7. The van der Waals surface area contributed by atoms with E-state index in [2.05, 4.69) is 34.6 Å². The van der Waals surface area contributed by atoms with Crippen LogP contribution in [0.4, 0.5) is 0 Å². The molecular formula is C27H44O3. The van der Waals surface area contributed by atoms with E-state index in [1.165, 1.54) is 44.1 Å². The minimum atomic E-state index is -1.38. The number of rotatable bonds is 5. The number of carbonyl (C=O) groups excluding carboxylic acids is 1. The summed E-state index contributed by atoms with van der Waals surface area (Å²) in [5.41, 5.74) is -0.154. The summed E-state index contributed by atoms with van der Waals surface area (Å²) >= 11 is 0. The maximum atomic E-state index is 13.2. The van der Waals surface area contributed by atoms with E-state index < -0.39 is 17.1 Å². The second-order valence-corrected chi connectivity index (χ2v) is 12.3. The van der Waals surface area contributed by atoms with Gasteiger partial charge in [0.15, 0.2) is 5.78 Å². The summed E-state index contributed by atoms with van der Waals surface area (Å²) in [6.07, 6.45) is 11.7. The van der Waals surface area contributed by atoms with Crippen molar-refractivity contribution in [3.8, 4) is 0 Å². The van der Waals surface area contributed by atoms with Crippen LogP contribution < -0.4 is 0 Å². The van der Waals surface area contributed by atoms with E-state index >= 15 is 0 Å². The molecule has 3 nitrogen and oxygen atoms in total. The Bertz CT molecular complexity index is 711. The molecule has 4 rings (SSSR count). The van der Waals surface area contributed by atoms with Crippen LogP contribution in [0.1, 0.15) is 98.8 Å². The molecule has 30 heavy (non-hydrogen) atoms. The van der Waals surface area contributed by atoms with E-state index in [0.29, 0.717) is 23.7 Å². The summed E-state index contributed by atoms with van der Waals surface area (Å²) in [6, 6.07) is 0. The van der Waals surface area contributed by atoms with E-state index in [4.69, 9.17) is 0 Å². The largest absolute Gasteiger partial charge is 0.393 e. The predicted molar refractivity (Wildman–Crippen MR) is 121 cm³/mol. The van der Waals surface area contributed by atoms with Crippen LogP contribution in [0.15, 0.2) is 11.6 Å². The van der Waals surface area contributed by atoms with Crippen LogP contribution in [0.3, 0.4) is 0 Å². The molecule has 0 radical (unpaired) electrons. The number of carbonyl (C=O) groups is 1. The molecule has 0 heterocycles. The highest BCUT2D eigenvalue weighted by atomic mass is 16.3. The molecule has 0 spiro atoms. The maximum absolute atomic E-state index is 13.2. The molecule has 0 bridgehead atoms. The van der Waals surface area contributed by atoms with Crippen LogP contribution in [-0.4, -0.2) is 27.7 Å². The molecule has 3 saturated carbocycles. The molecular weight excluding hydrogens is 372 g/mol. The molecule has 0 unspecified atom stereocenters. The van der Waals surface area contributed by atoms with Crippen LogP contribution in [0.5, 0.6) is 0 Å². The van der Waals surface area contributed by atoms with Crippen LogP contribution in [0.25, 0.3) is 0 Å². The molecule has 3 heteroatoms. The zero-order valence-electron chi connectivity index (χ0n) is 19.9. The number of hydrogen-bond acceptors (Lipinski definition) is 3. The van der Waals surface area contributed by atoms with Gasteiger partial charge in [0.25, 0.3) is 0 Å². The van der Waals surface area contributed by atoms with Gasteiger partial charge >= 0.3 is 0 Å². The molecule has 0 aliphatic heterocycles. The first-order valence-electron chi connectivity index (χ1n) is 12.7. The first-order chi connectivity index (χ1) is 14.0. The lowest BCUT2D eigenvalue weighted by molar-refractivity contribution is -0.180. The van der Waals surface area contributed by atoms with Gasteiger partial charge in [-0.25, -0.2) is 0 Å². The third-order valence-electron chi connectivity index (χ3n) is 10.3. The Kier molecular flexibility index (Phi) is 5.80. The minimum absolute atomic E-state index is 0.132. The number of hydrogen-bond donors (Lipinski definition) is 2. The Labute approximate surface area is 183 Å².